The van der Waals surface area contributed by atoms with Gasteiger partial charge in [-0.15, -0.1) is 24.8 Å². The molecular weight excluding hydrogens is 394 g/mol. The Balaban J connectivity index is 0.00000144. The molecule has 1 aromatic heterocycles. The summed E-state index contributed by atoms with van der Waals surface area (Å²) < 4.78 is 0. The molecule has 2 aliphatic rings. The maximum atomic E-state index is 12.5. The molecule has 1 unspecified atom stereocenters. The summed E-state index contributed by atoms with van der Waals surface area (Å²) in [5.41, 5.74) is 0. The number of hydrogen-bond acceptors (Lipinski definition) is 4. The van der Waals surface area contributed by atoms with Crippen molar-refractivity contribution in [3.05, 3.63) is 22.3 Å². The third kappa shape index (κ3) is 5.02. The Morgan fingerprint density at radius 3 is 2.50 bits per heavy atom. The molecule has 136 valence electrons. The van der Waals surface area contributed by atoms with Crippen LogP contribution in [0, 0.1) is 5.92 Å². The van der Waals surface area contributed by atoms with Gasteiger partial charge in [-0.25, -0.2) is 4.98 Å². The number of carbonyl (C=O) groups is 1. The Hall–Kier alpha value is -0.460. The summed E-state index contributed by atoms with van der Waals surface area (Å²) in [5.74, 6) is 1.16. The molecule has 0 aliphatic carbocycles. The van der Waals surface area contributed by atoms with Crippen molar-refractivity contribution >= 4 is 59.7 Å². The van der Waals surface area contributed by atoms with Gasteiger partial charge in [0.05, 0.1) is 16.0 Å². The second-order valence-electron chi connectivity index (χ2n) is 5.81. The number of anilines is 1. The predicted molar refractivity (Wildman–Crippen MR) is 103 cm³/mol. The number of carbonyl (C=O) groups excluding carboxylic acids is 1. The first kappa shape index (κ1) is 21.6. The first-order valence-electron chi connectivity index (χ1n) is 7.70. The summed E-state index contributed by atoms with van der Waals surface area (Å²) in [4.78, 5) is 20.9. The number of pyridine rings is 1. The smallest absolute Gasteiger partial charge is 0.227 e. The van der Waals surface area contributed by atoms with Crippen LogP contribution in [0.25, 0.3) is 0 Å². The second kappa shape index (κ2) is 9.88. The summed E-state index contributed by atoms with van der Waals surface area (Å²) in [6.07, 6.45) is 3.69. The van der Waals surface area contributed by atoms with Gasteiger partial charge in [-0.05, 0) is 25.5 Å². The minimum Gasteiger partial charge on any atom is -0.352 e. The van der Waals surface area contributed by atoms with Crippen LogP contribution in [0.2, 0.25) is 10.0 Å². The topological polar surface area (TPSA) is 48.5 Å². The monoisotopic (exact) mass is 414 g/mol. The fraction of sp³-hybridized carbons (Fsp3) is 0.600. The average Bonchev–Trinajstić information content (AvgIpc) is 2.55. The highest BCUT2D eigenvalue weighted by molar-refractivity contribution is 6.36. The minimum absolute atomic E-state index is 0. The third-order valence-electron chi connectivity index (χ3n) is 4.33. The molecule has 2 fully saturated rings. The van der Waals surface area contributed by atoms with Crippen molar-refractivity contribution in [3.63, 3.8) is 0 Å². The molecule has 0 bridgehead atoms. The highest BCUT2D eigenvalue weighted by Gasteiger charge is 2.29. The van der Waals surface area contributed by atoms with Crippen LogP contribution in [-0.2, 0) is 4.79 Å². The second-order valence-corrected chi connectivity index (χ2v) is 6.66. The van der Waals surface area contributed by atoms with E-state index >= 15 is 0 Å². The first-order valence-corrected chi connectivity index (χ1v) is 8.46. The zero-order valence-corrected chi connectivity index (χ0v) is 16.4. The van der Waals surface area contributed by atoms with Crippen molar-refractivity contribution in [1.82, 2.24) is 15.2 Å². The van der Waals surface area contributed by atoms with Crippen molar-refractivity contribution in [1.29, 1.82) is 0 Å². The molecule has 0 radical (unpaired) electrons. The lowest BCUT2D eigenvalue weighted by atomic mass is 9.98. The molecule has 1 atom stereocenters. The molecule has 0 aromatic carbocycles. The van der Waals surface area contributed by atoms with E-state index in [1.165, 1.54) is 0 Å². The number of amides is 1. The Morgan fingerprint density at radius 2 is 1.92 bits per heavy atom. The lowest BCUT2D eigenvalue weighted by Crippen LogP contribution is -2.52. The highest BCUT2D eigenvalue weighted by Crippen LogP contribution is 2.27. The Morgan fingerprint density at radius 1 is 1.21 bits per heavy atom. The van der Waals surface area contributed by atoms with Gasteiger partial charge in [0.2, 0.25) is 5.91 Å². The summed E-state index contributed by atoms with van der Waals surface area (Å²) in [7, 11) is 0. The summed E-state index contributed by atoms with van der Waals surface area (Å²) >= 11 is 12.1. The minimum atomic E-state index is 0. The van der Waals surface area contributed by atoms with Crippen LogP contribution in [0.15, 0.2) is 12.3 Å². The number of piperidine rings is 1. The van der Waals surface area contributed by atoms with E-state index < -0.39 is 0 Å². The van der Waals surface area contributed by atoms with E-state index in [1.54, 1.807) is 12.3 Å². The normalized spacial score (nSPS) is 20.8. The van der Waals surface area contributed by atoms with Crippen LogP contribution in [-0.4, -0.2) is 55.1 Å². The zero-order valence-electron chi connectivity index (χ0n) is 13.2. The lowest BCUT2D eigenvalue weighted by Gasteiger charge is -2.38. The summed E-state index contributed by atoms with van der Waals surface area (Å²) in [6, 6.07) is 1.71. The quantitative estimate of drug-likeness (QED) is 0.806. The molecule has 0 saturated carbocycles. The molecule has 3 rings (SSSR count). The van der Waals surface area contributed by atoms with Gasteiger partial charge in [0, 0.05) is 38.9 Å². The van der Waals surface area contributed by atoms with E-state index in [-0.39, 0.29) is 36.6 Å². The number of hydrogen-bond donors (Lipinski definition) is 1. The molecule has 24 heavy (non-hydrogen) atoms. The number of piperazine rings is 1. The molecule has 3 heterocycles. The molecule has 1 amide bonds. The fourth-order valence-corrected chi connectivity index (χ4v) is 3.60. The van der Waals surface area contributed by atoms with Gasteiger partial charge in [-0.3, -0.25) is 4.79 Å². The standard InChI is InChI=1S/C15H20Cl2N4O.2ClH/c16-12-8-13(17)14(19-10-12)20-4-6-21(7-5-20)15(22)11-2-1-3-18-9-11;;/h8,10-11,18H,1-7,9H2;2*1H. The Bertz CT molecular complexity index is 546. The lowest BCUT2D eigenvalue weighted by molar-refractivity contribution is -0.136. The molecular formula is C15H22Cl4N4O. The van der Waals surface area contributed by atoms with Gasteiger partial charge < -0.3 is 15.1 Å². The summed E-state index contributed by atoms with van der Waals surface area (Å²) in [6.45, 7) is 4.77. The fourth-order valence-electron chi connectivity index (χ4n) is 3.10. The maximum absolute atomic E-state index is 12.5. The highest BCUT2D eigenvalue weighted by atomic mass is 35.5. The molecule has 9 heteroatoms. The molecule has 0 spiro atoms. The van der Waals surface area contributed by atoms with Gasteiger partial charge in [0.15, 0.2) is 0 Å². The third-order valence-corrected chi connectivity index (χ3v) is 4.81. The van der Waals surface area contributed by atoms with Crippen LogP contribution in [0.4, 0.5) is 5.82 Å². The van der Waals surface area contributed by atoms with Crippen molar-refractivity contribution in [2.75, 3.05) is 44.2 Å². The molecule has 2 saturated heterocycles. The zero-order chi connectivity index (χ0) is 15.5. The van der Waals surface area contributed by atoms with Crippen molar-refractivity contribution in [2.45, 2.75) is 12.8 Å². The van der Waals surface area contributed by atoms with Crippen molar-refractivity contribution in [3.8, 4) is 0 Å². The summed E-state index contributed by atoms with van der Waals surface area (Å²) in [5, 5.41) is 4.40. The number of aromatic nitrogens is 1. The van der Waals surface area contributed by atoms with Crippen LogP contribution < -0.4 is 10.2 Å². The number of nitrogens with one attached hydrogen (secondary N) is 1. The number of halogens is 4. The molecule has 5 nitrogen and oxygen atoms in total. The average molecular weight is 416 g/mol. The maximum Gasteiger partial charge on any atom is 0.227 e. The van der Waals surface area contributed by atoms with E-state index in [2.05, 4.69) is 15.2 Å². The Kier molecular flexibility index (Phi) is 8.88. The largest absolute Gasteiger partial charge is 0.352 e. The van der Waals surface area contributed by atoms with Crippen molar-refractivity contribution in [2.24, 2.45) is 5.92 Å². The Labute approximate surface area is 164 Å². The van der Waals surface area contributed by atoms with E-state index in [9.17, 15) is 4.79 Å². The van der Waals surface area contributed by atoms with Gasteiger partial charge in [0.1, 0.15) is 5.82 Å². The first-order chi connectivity index (χ1) is 10.6. The molecule has 1 aromatic rings. The molecule has 1 N–H and O–H groups in total. The van der Waals surface area contributed by atoms with Gasteiger partial charge in [-0.2, -0.15) is 0 Å². The molecule has 2 aliphatic heterocycles. The number of nitrogens with zero attached hydrogens (tertiary/aromatic N) is 3. The van der Waals surface area contributed by atoms with Crippen LogP contribution in [0.3, 0.4) is 0 Å². The van der Waals surface area contributed by atoms with E-state index in [0.29, 0.717) is 10.0 Å². The van der Waals surface area contributed by atoms with E-state index in [0.717, 1.165) is 57.9 Å². The predicted octanol–water partition coefficient (Wildman–Crippen LogP) is 2.88. The van der Waals surface area contributed by atoms with Crippen LogP contribution in [0.1, 0.15) is 12.8 Å². The van der Waals surface area contributed by atoms with Gasteiger partial charge >= 0.3 is 0 Å². The number of rotatable bonds is 2. The van der Waals surface area contributed by atoms with Crippen LogP contribution in [0.5, 0.6) is 0 Å². The van der Waals surface area contributed by atoms with E-state index in [1.807, 2.05) is 4.90 Å². The van der Waals surface area contributed by atoms with Gasteiger partial charge in [-0.1, -0.05) is 23.2 Å². The van der Waals surface area contributed by atoms with Crippen molar-refractivity contribution < 1.29 is 4.79 Å². The van der Waals surface area contributed by atoms with Crippen LogP contribution >= 0.6 is 48.0 Å². The SMILES string of the molecule is Cl.Cl.O=C(C1CCCNC1)N1CCN(c2ncc(Cl)cc2Cl)CC1. The van der Waals surface area contributed by atoms with E-state index in [4.69, 9.17) is 23.2 Å². The van der Waals surface area contributed by atoms with Gasteiger partial charge in [0.25, 0.3) is 0 Å².